The Hall–Kier alpha value is -2.93. The van der Waals surface area contributed by atoms with E-state index in [0.717, 1.165) is 37.4 Å². The minimum atomic E-state index is -0.482. The minimum absolute atomic E-state index is 0.0899. The average Bonchev–Trinajstić information content (AvgIpc) is 2.63. The summed E-state index contributed by atoms with van der Waals surface area (Å²) in [5, 5.41) is 17.2. The third-order valence-electron chi connectivity index (χ3n) is 4.20. The number of aryl methyl sites for hydroxylation is 1. The van der Waals surface area contributed by atoms with Crippen LogP contribution >= 0.6 is 0 Å². The summed E-state index contributed by atoms with van der Waals surface area (Å²) in [4.78, 5) is 25.5. The molecule has 2 aromatic rings. The second-order valence-corrected chi connectivity index (χ2v) is 6.02. The molecule has 130 valence electrons. The largest absolute Gasteiger partial charge is 0.368 e. The number of carbonyl (C=O) groups excluding carboxylic acids is 1. The Kier molecular flexibility index (Phi) is 4.95. The first-order chi connectivity index (χ1) is 12.0. The van der Waals surface area contributed by atoms with Crippen LogP contribution in [0.25, 0.3) is 0 Å². The van der Waals surface area contributed by atoms with Gasteiger partial charge in [-0.2, -0.15) is 0 Å². The summed E-state index contributed by atoms with van der Waals surface area (Å²) in [5.74, 6) is -0.346. The van der Waals surface area contributed by atoms with E-state index in [4.69, 9.17) is 0 Å². The third kappa shape index (κ3) is 3.95. The van der Waals surface area contributed by atoms with E-state index in [1.54, 1.807) is 6.07 Å². The van der Waals surface area contributed by atoms with E-state index >= 15 is 0 Å². The maximum atomic E-state index is 12.8. The number of benzene rings is 2. The summed E-state index contributed by atoms with van der Waals surface area (Å²) < 4.78 is 0. The Morgan fingerprint density at radius 2 is 1.84 bits per heavy atom. The molecule has 7 heteroatoms. The predicted octanol–water partition coefficient (Wildman–Crippen LogP) is 2.57. The lowest BCUT2D eigenvalue weighted by Gasteiger charge is -2.30. The van der Waals surface area contributed by atoms with E-state index in [9.17, 15) is 14.9 Å². The average molecular weight is 340 g/mol. The highest BCUT2D eigenvalue weighted by Crippen LogP contribution is 2.27. The molecule has 3 rings (SSSR count). The Balaban J connectivity index is 1.92. The number of non-ortho nitro benzene ring substituents is 1. The van der Waals surface area contributed by atoms with E-state index in [1.165, 1.54) is 12.1 Å². The molecule has 1 amide bonds. The van der Waals surface area contributed by atoms with Crippen LogP contribution in [-0.4, -0.2) is 37.0 Å². The molecule has 1 heterocycles. The van der Waals surface area contributed by atoms with Crippen LogP contribution in [0.2, 0.25) is 0 Å². The predicted molar refractivity (Wildman–Crippen MR) is 97.3 cm³/mol. The van der Waals surface area contributed by atoms with Crippen molar-refractivity contribution in [2.24, 2.45) is 0 Å². The number of amides is 1. The first-order valence-corrected chi connectivity index (χ1v) is 8.17. The van der Waals surface area contributed by atoms with Crippen molar-refractivity contribution in [3.8, 4) is 0 Å². The van der Waals surface area contributed by atoms with Crippen LogP contribution in [0, 0.1) is 17.0 Å². The molecule has 0 unspecified atom stereocenters. The number of hydrogen-bond donors (Lipinski definition) is 2. The highest BCUT2D eigenvalue weighted by Gasteiger charge is 2.21. The van der Waals surface area contributed by atoms with Crippen molar-refractivity contribution in [1.82, 2.24) is 5.32 Å². The third-order valence-corrected chi connectivity index (χ3v) is 4.20. The molecule has 0 bridgehead atoms. The minimum Gasteiger partial charge on any atom is -0.368 e. The van der Waals surface area contributed by atoms with Crippen LogP contribution in [0.3, 0.4) is 0 Å². The number of hydrogen-bond acceptors (Lipinski definition) is 5. The molecule has 0 aromatic heterocycles. The maximum Gasteiger partial charge on any atom is 0.270 e. The van der Waals surface area contributed by atoms with Crippen molar-refractivity contribution >= 4 is 23.0 Å². The van der Waals surface area contributed by atoms with Crippen LogP contribution in [-0.2, 0) is 0 Å². The lowest BCUT2D eigenvalue weighted by molar-refractivity contribution is -0.384. The molecular formula is C18H20N4O3. The zero-order valence-corrected chi connectivity index (χ0v) is 14.0. The van der Waals surface area contributed by atoms with Gasteiger partial charge in [-0.3, -0.25) is 14.9 Å². The number of nitrogens with zero attached hydrogens (tertiary/aromatic N) is 2. The number of nitrogens with one attached hydrogen (secondary N) is 2. The number of nitro benzene ring substituents is 1. The first-order valence-electron chi connectivity index (χ1n) is 8.17. The van der Waals surface area contributed by atoms with Crippen LogP contribution in [0.1, 0.15) is 15.9 Å². The molecular weight excluding hydrogens is 320 g/mol. The van der Waals surface area contributed by atoms with Crippen LogP contribution in [0.15, 0.2) is 42.5 Å². The van der Waals surface area contributed by atoms with Crippen molar-refractivity contribution in [3.63, 3.8) is 0 Å². The molecule has 2 aromatic carbocycles. The number of anilines is 2. The lowest BCUT2D eigenvalue weighted by atomic mass is 10.1. The summed E-state index contributed by atoms with van der Waals surface area (Å²) in [6.07, 6.45) is 0. The van der Waals surface area contributed by atoms with Gasteiger partial charge in [-0.1, -0.05) is 17.7 Å². The normalized spacial score (nSPS) is 14.2. The fourth-order valence-electron chi connectivity index (χ4n) is 2.84. The van der Waals surface area contributed by atoms with E-state index in [1.807, 2.05) is 31.2 Å². The molecule has 0 aliphatic carbocycles. The van der Waals surface area contributed by atoms with Crippen molar-refractivity contribution in [2.45, 2.75) is 6.92 Å². The van der Waals surface area contributed by atoms with Gasteiger partial charge in [-0.05, 0) is 25.1 Å². The van der Waals surface area contributed by atoms with Gasteiger partial charge in [-0.15, -0.1) is 0 Å². The fourth-order valence-corrected chi connectivity index (χ4v) is 2.84. The highest BCUT2D eigenvalue weighted by molar-refractivity contribution is 6.08. The molecule has 2 N–H and O–H groups in total. The number of carbonyl (C=O) groups is 1. The van der Waals surface area contributed by atoms with Gasteiger partial charge < -0.3 is 15.5 Å². The Bertz CT molecular complexity index is 783. The van der Waals surface area contributed by atoms with Crippen molar-refractivity contribution in [2.75, 3.05) is 36.4 Å². The molecule has 1 aliphatic heterocycles. The molecule has 0 radical (unpaired) electrons. The smallest absolute Gasteiger partial charge is 0.270 e. The van der Waals surface area contributed by atoms with E-state index in [-0.39, 0.29) is 11.6 Å². The molecule has 1 fully saturated rings. The maximum absolute atomic E-state index is 12.8. The van der Waals surface area contributed by atoms with Gasteiger partial charge in [-0.25, -0.2) is 0 Å². The van der Waals surface area contributed by atoms with E-state index < -0.39 is 4.92 Å². The van der Waals surface area contributed by atoms with Gasteiger partial charge in [0.2, 0.25) is 0 Å². The quantitative estimate of drug-likeness (QED) is 0.660. The number of piperazine rings is 1. The summed E-state index contributed by atoms with van der Waals surface area (Å²) in [6.45, 7) is 5.10. The molecule has 1 aliphatic rings. The van der Waals surface area contributed by atoms with Gasteiger partial charge in [0.15, 0.2) is 0 Å². The molecule has 0 saturated carbocycles. The topological polar surface area (TPSA) is 87.5 Å². The first kappa shape index (κ1) is 16.9. The zero-order valence-electron chi connectivity index (χ0n) is 14.0. The second kappa shape index (κ2) is 7.31. The van der Waals surface area contributed by atoms with Crippen molar-refractivity contribution < 1.29 is 9.72 Å². The molecule has 0 atom stereocenters. The van der Waals surface area contributed by atoms with Crippen LogP contribution in [0.4, 0.5) is 17.1 Å². The SMILES string of the molecule is Cc1ccc(NC(=O)c2cc([N+](=O)[O-])ccc2N2CCNCC2)cc1. The van der Waals surface area contributed by atoms with E-state index in [2.05, 4.69) is 15.5 Å². The summed E-state index contributed by atoms with van der Waals surface area (Å²) >= 11 is 0. The summed E-state index contributed by atoms with van der Waals surface area (Å²) in [7, 11) is 0. The van der Waals surface area contributed by atoms with Crippen molar-refractivity contribution in [1.29, 1.82) is 0 Å². The summed E-state index contributed by atoms with van der Waals surface area (Å²) in [6, 6.07) is 11.9. The lowest BCUT2D eigenvalue weighted by Crippen LogP contribution is -2.44. The zero-order chi connectivity index (χ0) is 17.8. The van der Waals surface area contributed by atoms with Gasteiger partial charge in [0.1, 0.15) is 0 Å². The Morgan fingerprint density at radius 3 is 2.48 bits per heavy atom. The Morgan fingerprint density at radius 1 is 1.16 bits per heavy atom. The molecule has 25 heavy (non-hydrogen) atoms. The van der Waals surface area contributed by atoms with Gasteiger partial charge >= 0.3 is 0 Å². The summed E-state index contributed by atoms with van der Waals surface area (Å²) in [5.41, 5.74) is 2.70. The van der Waals surface area contributed by atoms with Gasteiger partial charge in [0, 0.05) is 44.0 Å². The molecule has 1 saturated heterocycles. The fraction of sp³-hybridized carbons (Fsp3) is 0.278. The van der Waals surface area contributed by atoms with E-state index in [0.29, 0.717) is 11.3 Å². The van der Waals surface area contributed by atoms with Crippen molar-refractivity contribution in [3.05, 3.63) is 63.7 Å². The van der Waals surface area contributed by atoms with Crippen LogP contribution < -0.4 is 15.5 Å². The monoisotopic (exact) mass is 340 g/mol. The number of rotatable bonds is 4. The highest BCUT2D eigenvalue weighted by atomic mass is 16.6. The Labute approximate surface area is 145 Å². The van der Waals surface area contributed by atoms with Crippen LogP contribution in [0.5, 0.6) is 0 Å². The van der Waals surface area contributed by atoms with Gasteiger partial charge in [0.25, 0.3) is 11.6 Å². The number of nitro groups is 1. The standard InChI is InChI=1S/C18H20N4O3/c1-13-2-4-14(5-3-13)20-18(23)16-12-15(22(24)25)6-7-17(16)21-10-8-19-9-11-21/h2-7,12,19H,8-11H2,1H3,(H,20,23). The molecule has 0 spiro atoms. The van der Waals surface area contributed by atoms with Gasteiger partial charge in [0.05, 0.1) is 16.2 Å². The second-order valence-electron chi connectivity index (χ2n) is 6.02. The molecule has 7 nitrogen and oxygen atoms in total.